The zero-order valence-corrected chi connectivity index (χ0v) is 18.8. The van der Waals surface area contributed by atoms with E-state index in [1.807, 2.05) is 78.9 Å². The summed E-state index contributed by atoms with van der Waals surface area (Å²) in [6, 6.07) is 29.8. The van der Waals surface area contributed by atoms with E-state index in [9.17, 15) is 4.79 Å². The molecule has 0 atom stereocenters. The minimum Gasteiger partial charge on any atom is -0.487 e. The molecule has 0 aliphatic rings. The molecule has 34 heavy (non-hydrogen) atoms. The Labute approximate surface area is 198 Å². The second-order valence-corrected chi connectivity index (χ2v) is 7.85. The highest BCUT2D eigenvalue weighted by molar-refractivity contribution is 6.00. The molecule has 0 unspecified atom stereocenters. The van der Waals surface area contributed by atoms with Crippen molar-refractivity contribution in [2.24, 2.45) is 5.16 Å². The van der Waals surface area contributed by atoms with E-state index in [0.29, 0.717) is 24.5 Å². The summed E-state index contributed by atoms with van der Waals surface area (Å²) in [6.07, 6.45) is 2.43. The Balaban J connectivity index is 1.39. The molecule has 6 nitrogen and oxygen atoms in total. The van der Waals surface area contributed by atoms with Crippen LogP contribution in [-0.4, -0.2) is 28.4 Å². The van der Waals surface area contributed by atoms with Crippen LogP contribution in [0.1, 0.15) is 29.7 Å². The number of rotatable bonds is 11. The highest BCUT2D eigenvalue weighted by atomic mass is 16.6. The van der Waals surface area contributed by atoms with E-state index in [4.69, 9.17) is 14.7 Å². The molecule has 4 rings (SSSR count). The summed E-state index contributed by atoms with van der Waals surface area (Å²) in [5.41, 5.74) is 4.62. The van der Waals surface area contributed by atoms with Crippen LogP contribution in [0.4, 0.5) is 0 Å². The van der Waals surface area contributed by atoms with Crippen molar-refractivity contribution in [2.45, 2.75) is 25.9 Å². The number of hydrogen-bond acceptors (Lipinski definition) is 5. The fourth-order valence-electron chi connectivity index (χ4n) is 3.60. The number of para-hydroxylation sites is 1. The number of pyridine rings is 1. The molecule has 0 saturated heterocycles. The van der Waals surface area contributed by atoms with Crippen molar-refractivity contribution < 1.29 is 19.5 Å². The Morgan fingerprint density at radius 1 is 0.882 bits per heavy atom. The summed E-state index contributed by atoms with van der Waals surface area (Å²) in [5.74, 6) is -0.341. The van der Waals surface area contributed by atoms with Crippen molar-refractivity contribution in [3.63, 3.8) is 0 Å². The SMILES string of the molecule is O=C(O)CO/N=C(\CCCc1ccccc1)c1ccc(OCc2ccc3ccccc3n2)cc1. The maximum atomic E-state index is 10.8. The zero-order chi connectivity index (χ0) is 23.6. The number of carbonyl (C=O) groups is 1. The Bertz CT molecular complexity index is 1250. The van der Waals surface area contributed by atoms with Gasteiger partial charge in [-0.05, 0) is 66.8 Å². The van der Waals surface area contributed by atoms with E-state index < -0.39 is 12.6 Å². The number of aromatic nitrogens is 1. The number of nitrogens with zero attached hydrogens (tertiary/aromatic N) is 2. The summed E-state index contributed by atoms with van der Waals surface area (Å²) >= 11 is 0. The van der Waals surface area contributed by atoms with Gasteiger partial charge in [0.2, 0.25) is 6.61 Å². The predicted molar refractivity (Wildman–Crippen MR) is 132 cm³/mol. The predicted octanol–water partition coefficient (Wildman–Crippen LogP) is 5.64. The summed E-state index contributed by atoms with van der Waals surface area (Å²) in [4.78, 5) is 20.5. The van der Waals surface area contributed by atoms with Crippen LogP contribution in [0, 0.1) is 0 Å². The van der Waals surface area contributed by atoms with Crippen LogP contribution < -0.4 is 4.74 Å². The van der Waals surface area contributed by atoms with Gasteiger partial charge >= 0.3 is 5.97 Å². The first kappa shape index (κ1) is 23.0. The van der Waals surface area contributed by atoms with Crippen molar-refractivity contribution in [2.75, 3.05) is 6.61 Å². The van der Waals surface area contributed by atoms with Crippen LogP contribution in [0.2, 0.25) is 0 Å². The fourth-order valence-corrected chi connectivity index (χ4v) is 3.60. The average molecular weight is 455 g/mol. The average Bonchev–Trinajstić information content (AvgIpc) is 2.87. The molecule has 4 aromatic rings. The van der Waals surface area contributed by atoms with Gasteiger partial charge in [0.1, 0.15) is 12.4 Å². The monoisotopic (exact) mass is 454 g/mol. The highest BCUT2D eigenvalue weighted by Crippen LogP contribution is 2.18. The number of aliphatic carboxylic acids is 1. The minimum atomic E-state index is -1.06. The molecule has 6 heteroatoms. The van der Waals surface area contributed by atoms with Crippen molar-refractivity contribution in [3.05, 3.63) is 108 Å². The van der Waals surface area contributed by atoms with Crippen molar-refractivity contribution >= 4 is 22.6 Å². The van der Waals surface area contributed by atoms with Crippen LogP contribution in [0.25, 0.3) is 10.9 Å². The van der Waals surface area contributed by atoms with Gasteiger partial charge < -0.3 is 14.7 Å². The first-order valence-corrected chi connectivity index (χ1v) is 11.2. The molecule has 0 amide bonds. The summed E-state index contributed by atoms with van der Waals surface area (Å²) in [6.45, 7) is -0.105. The number of benzene rings is 3. The molecule has 0 spiro atoms. The minimum absolute atomic E-state index is 0.365. The number of carboxylic acids is 1. The third kappa shape index (κ3) is 6.65. The first-order valence-electron chi connectivity index (χ1n) is 11.2. The third-order valence-electron chi connectivity index (χ3n) is 5.31. The Morgan fingerprint density at radius 2 is 1.65 bits per heavy atom. The Hall–Kier alpha value is -4.19. The second-order valence-electron chi connectivity index (χ2n) is 7.85. The topological polar surface area (TPSA) is 81.0 Å². The fraction of sp³-hybridized carbons (Fsp3) is 0.179. The van der Waals surface area contributed by atoms with Gasteiger partial charge in [-0.1, -0.05) is 59.8 Å². The quantitative estimate of drug-likeness (QED) is 0.234. The van der Waals surface area contributed by atoms with Gasteiger partial charge in [-0.3, -0.25) is 0 Å². The molecule has 0 aliphatic heterocycles. The second kappa shape index (κ2) is 11.6. The van der Waals surface area contributed by atoms with E-state index in [1.54, 1.807) is 0 Å². The maximum Gasteiger partial charge on any atom is 0.344 e. The molecule has 1 N–H and O–H groups in total. The molecule has 0 fully saturated rings. The van der Waals surface area contributed by atoms with Crippen molar-refractivity contribution in [3.8, 4) is 5.75 Å². The zero-order valence-electron chi connectivity index (χ0n) is 18.8. The Morgan fingerprint density at radius 3 is 2.44 bits per heavy atom. The molecule has 3 aromatic carbocycles. The van der Waals surface area contributed by atoms with Crippen molar-refractivity contribution in [1.82, 2.24) is 4.98 Å². The number of hydrogen-bond donors (Lipinski definition) is 1. The lowest BCUT2D eigenvalue weighted by Gasteiger charge is -2.10. The molecule has 0 bridgehead atoms. The number of aryl methyl sites for hydroxylation is 1. The molecular weight excluding hydrogens is 428 g/mol. The normalized spacial score (nSPS) is 11.4. The molecule has 0 saturated carbocycles. The lowest BCUT2D eigenvalue weighted by atomic mass is 10.0. The molecule has 0 aliphatic carbocycles. The molecule has 1 aromatic heterocycles. The number of oxime groups is 1. The van der Waals surface area contributed by atoms with E-state index in [-0.39, 0.29) is 0 Å². The van der Waals surface area contributed by atoms with Gasteiger partial charge in [-0.25, -0.2) is 9.78 Å². The molecule has 0 radical (unpaired) electrons. The smallest absolute Gasteiger partial charge is 0.344 e. The highest BCUT2D eigenvalue weighted by Gasteiger charge is 2.08. The lowest BCUT2D eigenvalue weighted by Crippen LogP contribution is -2.08. The van der Waals surface area contributed by atoms with E-state index >= 15 is 0 Å². The van der Waals surface area contributed by atoms with E-state index in [0.717, 1.165) is 35.0 Å². The third-order valence-corrected chi connectivity index (χ3v) is 5.31. The Kier molecular flexibility index (Phi) is 7.85. The number of carboxylic acid groups (broad SMARTS) is 1. The van der Waals surface area contributed by atoms with Gasteiger partial charge in [0, 0.05) is 5.39 Å². The van der Waals surface area contributed by atoms with Crippen LogP contribution in [0.5, 0.6) is 5.75 Å². The van der Waals surface area contributed by atoms with Crippen LogP contribution in [-0.2, 0) is 22.7 Å². The van der Waals surface area contributed by atoms with E-state index in [1.165, 1.54) is 5.56 Å². The summed E-state index contributed by atoms with van der Waals surface area (Å²) in [5, 5.41) is 14.1. The maximum absolute atomic E-state index is 10.8. The number of ether oxygens (including phenoxy) is 1. The van der Waals surface area contributed by atoms with Gasteiger partial charge in [-0.15, -0.1) is 0 Å². The molecular formula is C28H26N2O4. The van der Waals surface area contributed by atoms with Gasteiger partial charge in [0.25, 0.3) is 0 Å². The van der Waals surface area contributed by atoms with Gasteiger partial charge in [0.05, 0.1) is 16.9 Å². The molecule has 172 valence electrons. The van der Waals surface area contributed by atoms with E-state index in [2.05, 4.69) is 22.3 Å². The van der Waals surface area contributed by atoms with Crippen LogP contribution >= 0.6 is 0 Å². The van der Waals surface area contributed by atoms with Gasteiger partial charge in [-0.2, -0.15) is 0 Å². The largest absolute Gasteiger partial charge is 0.487 e. The number of fused-ring (bicyclic) bond motifs is 1. The summed E-state index contributed by atoms with van der Waals surface area (Å²) < 4.78 is 5.92. The van der Waals surface area contributed by atoms with Gasteiger partial charge in [0.15, 0.2) is 0 Å². The molecule has 1 heterocycles. The van der Waals surface area contributed by atoms with Crippen LogP contribution in [0.15, 0.2) is 96.2 Å². The summed E-state index contributed by atoms with van der Waals surface area (Å²) in [7, 11) is 0. The lowest BCUT2D eigenvalue weighted by molar-refractivity contribution is -0.142. The van der Waals surface area contributed by atoms with Crippen molar-refractivity contribution in [1.29, 1.82) is 0 Å². The van der Waals surface area contributed by atoms with Crippen LogP contribution in [0.3, 0.4) is 0 Å². The standard InChI is InChI=1S/C28H26N2O4/c31-28(32)20-34-30-27(12-6-9-21-7-2-1-3-8-21)23-14-17-25(18-15-23)33-19-24-16-13-22-10-4-5-11-26(22)29-24/h1-5,7-8,10-11,13-18H,6,9,12,19-20H2,(H,31,32)/b30-27+. The first-order chi connectivity index (χ1) is 16.7.